The van der Waals surface area contributed by atoms with Gasteiger partial charge in [0.05, 0.1) is 26.7 Å². The van der Waals surface area contributed by atoms with Crippen LogP contribution in [0.25, 0.3) is 10.9 Å². The van der Waals surface area contributed by atoms with Crippen molar-refractivity contribution in [1.29, 1.82) is 0 Å². The quantitative estimate of drug-likeness (QED) is 0.772. The highest BCUT2D eigenvalue weighted by Gasteiger charge is 2.19. The molecule has 0 bridgehead atoms. The highest BCUT2D eigenvalue weighted by atomic mass is 19.1. The molecule has 124 valence electrons. The van der Waals surface area contributed by atoms with E-state index in [0.717, 1.165) is 0 Å². The van der Waals surface area contributed by atoms with Crippen molar-refractivity contribution < 1.29 is 18.6 Å². The molecule has 7 heteroatoms. The molecule has 0 aliphatic heterocycles. The Labute approximate surface area is 138 Å². The van der Waals surface area contributed by atoms with Crippen molar-refractivity contribution in [2.24, 2.45) is 0 Å². The van der Waals surface area contributed by atoms with Crippen LogP contribution in [0, 0.1) is 5.82 Å². The SMILES string of the molecule is COc1cc2c(Nc3cccc(F)c3)ncnc2c(OC)c1OC. The number of halogens is 1. The highest BCUT2D eigenvalue weighted by molar-refractivity contribution is 5.97. The molecular weight excluding hydrogens is 313 g/mol. The maximum atomic E-state index is 13.4. The average molecular weight is 329 g/mol. The van der Waals surface area contributed by atoms with E-state index in [-0.39, 0.29) is 5.82 Å². The van der Waals surface area contributed by atoms with Crippen LogP contribution in [0.4, 0.5) is 15.9 Å². The topological polar surface area (TPSA) is 65.5 Å². The van der Waals surface area contributed by atoms with Crippen molar-refractivity contribution in [3.8, 4) is 17.2 Å². The first kappa shape index (κ1) is 15.8. The summed E-state index contributed by atoms with van der Waals surface area (Å²) in [4.78, 5) is 8.51. The Kier molecular flexibility index (Phi) is 4.33. The Morgan fingerprint density at radius 1 is 0.958 bits per heavy atom. The minimum absolute atomic E-state index is 0.338. The van der Waals surface area contributed by atoms with Crippen LogP contribution in [0.2, 0.25) is 0 Å². The standard InChI is InChI=1S/C17H16FN3O3/c1-22-13-8-12-14(16(24-3)15(13)23-2)19-9-20-17(12)21-11-6-4-5-10(18)7-11/h4-9H,1-3H3,(H,19,20,21). The fourth-order valence-electron chi connectivity index (χ4n) is 2.47. The summed E-state index contributed by atoms with van der Waals surface area (Å²) < 4.78 is 29.5. The second-order valence-corrected chi connectivity index (χ2v) is 4.90. The number of hydrogen-bond donors (Lipinski definition) is 1. The molecule has 0 saturated heterocycles. The van der Waals surface area contributed by atoms with E-state index in [4.69, 9.17) is 14.2 Å². The van der Waals surface area contributed by atoms with Gasteiger partial charge in [0.15, 0.2) is 11.5 Å². The third-order valence-corrected chi connectivity index (χ3v) is 3.52. The van der Waals surface area contributed by atoms with Crippen LogP contribution in [0.1, 0.15) is 0 Å². The number of nitrogens with one attached hydrogen (secondary N) is 1. The summed E-state index contributed by atoms with van der Waals surface area (Å²) in [5, 5.41) is 3.75. The Morgan fingerprint density at radius 3 is 2.42 bits per heavy atom. The van der Waals surface area contributed by atoms with Crippen molar-refractivity contribution >= 4 is 22.4 Å². The lowest BCUT2D eigenvalue weighted by Crippen LogP contribution is -2.01. The molecule has 0 aliphatic rings. The second-order valence-electron chi connectivity index (χ2n) is 4.90. The lowest BCUT2D eigenvalue weighted by Gasteiger charge is -2.15. The number of anilines is 2. The van der Waals surface area contributed by atoms with Crippen LogP contribution in [-0.4, -0.2) is 31.3 Å². The fourth-order valence-corrected chi connectivity index (χ4v) is 2.47. The van der Waals surface area contributed by atoms with E-state index in [0.29, 0.717) is 39.7 Å². The molecule has 1 heterocycles. The highest BCUT2D eigenvalue weighted by Crippen LogP contribution is 2.44. The summed E-state index contributed by atoms with van der Waals surface area (Å²) in [7, 11) is 4.59. The number of ether oxygens (including phenoxy) is 3. The second kappa shape index (κ2) is 6.57. The van der Waals surface area contributed by atoms with Crippen LogP contribution in [0.3, 0.4) is 0 Å². The molecule has 0 atom stereocenters. The number of nitrogens with zero attached hydrogens (tertiary/aromatic N) is 2. The average Bonchev–Trinajstić information content (AvgIpc) is 2.60. The summed E-state index contributed by atoms with van der Waals surface area (Å²) in [6.45, 7) is 0. The van der Waals surface area contributed by atoms with Crippen molar-refractivity contribution in [2.45, 2.75) is 0 Å². The zero-order valence-corrected chi connectivity index (χ0v) is 13.5. The van der Waals surface area contributed by atoms with E-state index in [2.05, 4.69) is 15.3 Å². The molecule has 6 nitrogen and oxygen atoms in total. The molecule has 0 saturated carbocycles. The van der Waals surface area contributed by atoms with Gasteiger partial charge >= 0.3 is 0 Å². The van der Waals surface area contributed by atoms with Crippen LogP contribution in [-0.2, 0) is 0 Å². The van der Waals surface area contributed by atoms with Gasteiger partial charge in [-0.1, -0.05) is 6.07 Å². The Balaban J connectivity index is 2.19. The summed E-state index contributed by atoms with van der Waals surface area (Å²) in [6, 6.07) is 7.87. The Bertz CT molecular complexity index is 886. The fraction of sp³-hybridized carbons (Fsp3) is 0.176. The van der Waals surface area contributed by atoms with Gasteiger partial charge in [0.1, 0.15) is 23.5 Å². The van der Waals surface area contributed by atoms with Crippen molar-refractivity contribution in [1.82, 2.24) is 9.97 Å². The maximum Gasteiger partial charge on any atom is 0.205 e. The molecule has 1 aromatic heterocycles. The number of rotatable bonds is 5. The lowest BCUT2D eigenvalue weighted by molar-refractivity contribution is 0.327. The molecular formula is C17H16FN3O3. The minimum atomic E-state index is -0.338. The predicted octanol–water partition coefficient (Wildman–Crippen LogP) is 3.54. The zero-order chi connectivity index (χ0) is 17.1. The number of aromatic nitrogens is 2. The minimum Gasteiger partial charge on any atom is -0.493 e. The molecule has 1 N–H and O–H groups in total. The van der Waals surface area contributed by atoms with Gasteiger partial charge in [-0.2, -0.15) is 0 Å². The zero-order valence-electron chi connectivity index (χ0n) is 13.5. The molecule has 0 amide bonds. The molecule has 3 rings (SSSR count). The number of benzene rings is 2. The third-order valence-electron chi connectivity index (χ3n) is 3.52. The Morgan fingerprint density at radius 2 is 1.75 bits per heavy atom. The van der Waals surface area contributed by atoms with Gasteiger partial charge in [-0.05, 0) is 24.3 Å². The lowest BCUT2D eigenvalue weighted by atomic mass is 10.1. The molecule has 0 spiro atoms. The van der Waals surface area contributed by atoms with Crippen molar-refractivity contribution in [2.75, 3.05) is 26.6 Å². The smallest absolute Gasteiger partial charge is 0.205 e. The summed E-state index contributed by atoms with van der Waals surface area (Å²) >= 11 is 0. The molecule has 0 fully saturated rings. The number of hydrogen-bond acceptors (Lipinski definition) is 6. The molecule has 2 aromatic carbocycles. The summed E-state index contributed by atoms with van der Waals surface area (Å²) in [6.07, 6.45) is 1.40. The normalized spacial score (nSPS) is 10.5. The van der Waals surface area contributed by atoms with Crippen LogP contribution in [0.5, 0.6) is 17.2 Å². The van der Waals surface area contributed by atoms with Gasteiger partial charge in [0.2, 0.25) is 5.75 Å². The largest absolute Gasteiger partial charge is 0.493 e. The summed E-state index contributed by atoms with van der Waals surface area (Å²) in [5.41, 5.74) is 1.13. The first-order valence-corrected chi connectivity index (χ1v) is 7.14. The Hall–Kier alpha value is -3.09. The van der Waals surface area contributed by atoms with Crippen molar-refractivity contribution in [3.63, 3.8) is 0 Å². The predicted molar refractivity (Wildman–Crippen MR) is 88.9 cm³/mol. The van der Waals surface area contributed by atoms with E-state index in [1.807, 2.05) is 0 Å². The van der Waals surface area contributed by atoms with E-state index >= 15 is 0 Å². The van der Waals surface area contributed by atoms with Crippen LogP contribution >= 0.6 is 0 Å². The molecule has 0 radical (unpaired) electrons. The molecule has 24 heavy (non-hydrogen) atoms. The first-order chi connectivity index (χ1) is 11.7. The van der Waals surface area contributed by atoms with Crippen molar-refractivity contribution in [3.05, 3.63) is 42.5 Å². The van der Waals surface area contributed by atoms with E-state index in [1.54, 1.807) is 18.2 Å². The van der Waals surface area contributed by atoms with E-state index in [1.165, 1.54) is 39.8 Å². The van der Waals surface area contributed by atoms with E-state index in [9.17, 15) is 4.39 Å². The van der Waals surface area contributed by atoms with Gasteiger partial charge in [-0.3, -0.25) is 0 Å². The first-order valence-electron chi connectivity index (χ1n) is 7.14. The van der Waals surface area contributed by atoms with Crippen LogP contribution in [0.15, 0.2) is 36.7 Å². The molecule has 3 aromatic rings. The van der Waals surface area contributed by atoms with Gasteiger partial charge in [-0.15, -0.1) is 0 Å². The molecule has 0 unspecified atom stereocenters. The molecule has 0 aliphatic carbocycles. The van der Waals surface area contributed by atoms with Gasteiger partial charge in [0.25, 0.3) is 0 Å². The van der Waals surface area contributed by atoms with Gasteiger partial charge in [0, 0.05) is 5.69 Å². The monoisotopic (exact) mass is 329 g/mol. The van der Waals surface area contributed by atoms with Gasteiger partial charge < -0.3 is 19.5 Å². The van der Waals surface area contributed by atoms with E-state index < -0.39 is 0 Å². The number of fused-ring (bicyclic) bond motifs is 1. The van der Waals surface area contributed by atoms with Crippen LogP contribution < -0.4 is 19.5 Å². The third kappa shape index (κ3) is 2.76. The number of methoxy groups -OCH3 is 3. The summed E-state index contributed by atoms with van der Waals surface area (Å²) in [5.74, 6) is 1.54. The maximum absolute atomic E-state index is 13.4. The van der Waals surface area contributed by atoms with Gasteiger partial charge in [-0.25, -0.2) is 14.4 Å².